The second-order valence-electron chi connectivity index (χ2n) is 9.74. The fraction of sp³-hybridized carbons (Fsp3) is 0.0270. The molecule has 39 heavy (non-hydrogen) atoms. The number of rotatable bonds is 6. The Hall–Kier alpha value is -3.39. The van der Waals surface area contributed by atoms with Crippen molar-refractivity contribution in [2.45, 2.75) is 5.71 Å². The van der Waals surface area contributed by atoms with Crippen LogP contribution in [0.15, 0.2) is 164 Å². The molecule has 0 nitrogen and oxygen atoms in total. The van der Waals surface area contributed by atoms with Gasteiger partial charge in [-0.1, -0.05) is 0 Å². The first-order valence-corrected chi connectivity index (χ1v) is 17.8. The molecular formula is C37H30AsI. The van der Waals surface area contributed by atoms with Gasteiger partial charge in [-0.05, 0) is 0 Å². The monoisotopic (exact) mass is 676 g/mol. The van der Waals surface area contributed by atoms with E-state index >= 15 is 0 Å². The van der Waals surface area contributed by atoms with Crippen molar-refractivity contribution in [3.63, 3.8) is 0 Å². The molecule has 0 aromatic heterocycles. The van der Waals surface area contributed by atoms with E-state index in [0.717, 1.165) is 0 Å². The van der Waals surface area contributed by atoms with Crippen LogP contribution in [-0.4, -0.2) is 13.6 Å². The quantitative estimate of drug-likeness (QED) is 0.176. The van der Waals surface area contributed by atoms with Crippen LogP contribution in [0.3, 0.4) is 0 Å². The second kappa shape index (κ2) is 12.2. The molecule has 6 rings (SSSR count). The summed E-state index contributed by atoms with van der Waals surface area (Å²) in [6.07, 6.45) is 0. The molecule has 2 heteroatoms. The van der Waals surface area contributed by atoms with Crippen LogP contribution in [0, 0.1) is 0 Å². The minimum Gasteiger partial charge on any atom is -1.00 e. The maximum absolute atomic E-state index is 2.71. The van der Waals surface area contributed by atoms with Crippen LogP contribution in [0.1, 0.15) is 0 Å². The molecule has 0 N–H and O–H groups in total. The Kier molecular flexibility index (Phi) is 8.50. The zero-order valence-electron chi connectivity index (χ0n) is 21.9. The smallest absolute Gasteiger partial charge is 1.00 e. The van der Waals surface area contributed by atoms with E-state index in [9.17, 15) is 0 Å². The first-order chi connectivity index (χ1) is 18.7. The molecule has 0 fully saturated rings. The van der Waals surface area contributed by atoms with Crippen LogP contribution in [-0.2, 0) is 0 Å². The van der Waals surface area contributed by atoms with E-state index < -0.39 is 13.6 Å². The summed E-state index contributed by atoms with van der Waals surface area (Å²) in [7, 11) is 0. The Balaban J connectivity index is 0.00000308. The zero-order valence-corrected chi connectivity index (χ0v) is 25.9. The molecule has 190 valence electrons. The molecule has 0 saturated carbocycles. The van der Waals surface area contributed by atoms with E-state index in [0.29, 0.717) is 0 Å². The average Bonchev–Trinajstić information content (AvgIpc) is 3.02. The molecule has 0 radical (unpaired) electrons. The third-order valence-electron chi connectivity index (χ3n) is 7.47. The molecule has 0 aliphatic carbocycles. The van der Waals surface area contributed by atoms with Crippen LogP contribution < -0.4 is 37.0 Å². The Labute approximate surface area is 251 Å². The second-order valence-corrected chi connectivity index (χ2v) is 17.2. The normalized spacial score (nSPS) is 11.0. The average molecular weight is 676 g/mol. The number of hydrogen-bond donors (Lipinski definition) is 0. The van der Waals surface area contributed by atoms with Crippen molar-refractivity contribution in [3.05, 3.63) is 164 Å². The van der Waals surface area contributed by atoms with E-state index in [1.807, 2.05) is 0 Å². The molecule has 0 heterocycles. The van der Waals surface area contributed by atoms with Crippen molar-refractivity contribution in [1.82, 2.24) is 0 Å². The minimum absolute atomic E-state index is 0. The van der Waals surface area contributed by atoms with Gasteiger partial charge in [0, 0.05) is 0 Å². The first-order valence-electron chi connectivity index (χ1n) is 13.1. The van der Waals surface area contributed by atoms with Gasteiger partial charge in [-0.15, -0.1) is 0 Å². The Bertz CT molecular complexity index is 1410. The molecule has 0 amide bonds. The van der Waals surface area contributed by atoms with Gasteiger partial charge in [-0.2, -0.15) is 0 Å². The molecule has 0 unspecified atom stereocenters. The number of hydrogen-bond acceptors (Lipinski definition) is 0. The van der Waals surface area contributed by atoms with Gasteiger partial charge in [0.2, 0.25) is 0 Å². The summed E-state index contributed by atoms with van der Waals surface area (Å²) in [6.45, 7) is 0. The van der Waals surface area contributed by atoms with E-state index in [2.05, 4.69) is 170 Å². The van der Waals surface area contributed by atoms with E-state index in [-0.39, 0.29) is 24.0 Å². The van der Waals surface area contributed by atoms with Gasteiger partial charge in [-0.25, -0.2) is 0 Å². The summed E-state index contributed by atoms with van der Waals surface area (Å²) in [5, 5.41) is 0. The van der Waals surface area contributed by atoms with Crippen molar-refractivity contribution in [1.29, 1.82) is 0 Å². The fourth-order valence-electron chi connectivity index (χ4n) is 5.20. The Morgan fingerprint density at radius 2 is 0.487 bits per heavy atom. The van der Waals surface area contributed by atoms with E-state index in [1.54, 1.807) is 0 Å². The molecule has 0 saturated heterocycles. The minimum atomic E-state index is -2.71. The van der Waals surface area contributed by atoms with Crippen molar-refractivity contribution in [2.75, 3.05) is 0 Å². The van der Waals surface area contributed by atoms with Gasteiger partial charge in [0.1, 0.15) is 0 Å². The summed E-state index contributed by atoms with van der Waals surface area (Å²) in [4.78, 5) is 0. The largest absolute Gasteiger partial charge is 1.00 e. The van der Waals surface area contributed by atoms with E-state index in [4.69, 9.17) is 0 Å². The summed E-state index contributed by atoms with van der Waals surface area (Å²) in [6, 6.07) is 59.9. The summed E-state index contributed by atoms with van der Waals surface area (Å²) in [5.41, 5.74) is 10.1. The molecular weight excluding hydrogens is 646 g/mol. The van der Waals surface area contributed by atoms with Gasteiger partial charge in [0.05, 0.1) is 0 Å². The maximum atomic E-state index is 2.52. The topological polar surface area (TPSA) is 0 Å². The van der Waals surface area contributed by atoms with Crippen molar-refractivity contribution >= 4 is 26.6 Å². The fourth-order valence-corrected chi connectivity index (χ4v) is 11.8. The van der Waals surface area contributed by atoms with Crippen LogP contribution in [0.25, 0.3) is 33.4 Å². The first kappa shape index (κ1) is 27.2. The van der Waals surface area contributed by atoms with Crippen LogP contribution in [0.2, 0.25) is 5.71 Å². The van der Waals surface area contributed by atoms with Crippen LogP contribution in [0.4, 0.5) is 0 Å². The summed E-state index contributed by atoms with van der Waals surface area (Å²) < 4.78 is 4.34. The Morgan fingerprint density at radius 3 is 0.718 bits per heavy atom. The predicted molar refractivity (Wildman–Crippen MR) is 166 cm³/mol. The van der Waals surface area contributed by atoms with Crippen molar-refractivity contribution in [2.24, 2.45) is 0 Å². The van der Waals surface area contributed by atoms with Crippen LogP contribution >= 0.6 is 0 Å². The molecule has 0 bridgehead atoms. The van der Waals surface area contributed by atoms with Crippen molar-refractivity contribution in [3.8, 4) is 33.4 Å². The Morgan fingerprint density at radius 1 is 0.282 bits per heavy atom. The third-order valence-corrected chi connectivity index (χ3v) is 15.8. The standard InChI is InChI=1S/C37H30As.HI/c1-38(35-23-17-32(18-24-35)29-11-5-2-6-12-29,36-25-19-33(20-26-36)30-13-7-3-8-14-30)37-27-21-34(22-28-37)31-15-9-4-10-16-31;/h2-28H,1H3;1H/q+1;/p-1. The SMILES string of the molecule is C[As+](c1ccc(-c2ccccc2)cc1)(c1ccc(-c2ccccc2)cc1)c1ccc(-c2ccccc2)cc1.[I-]. The van der Waals surface area contributed by atoms with Gasteiger partial charge in [-0.3, -0.25) is 0 Å². The van der Waals surface area contributed by atoms with E-state index in [1.165, 1.54) is 46.4 Å². The molecule has 0 atom stereocenters. The van der Waals surface area contributed by atoms with Gasteiger partial charge in [0.25, 0.3) is 0 Å². The molecule has 0 aliphatic rings. The zero-order chi connectivity index (χ0) is 25.8. The van der Waals surface area contributed by atoms with Crippen molar-refractivity contribution < 1.29 is 24.0 Å². The van der Waals surface area contributed by atoms with Gasteiger partial charge >= 0.3 is 229 Å². The molecule has 6 aromatic rings. The molecule has 0 spiro atoms. The van der Waals surface area contributed by atoms with Gasteiger partial charge in [0.15, 0.2) is 0 Å². The maximum Gasteiger partial charge on any atom is -1.00 e. The third kappa shape index (κ3) is 5.66. The predicted octanol–water partition coefficient (Wildman–Crippen LogP) is 4.79. The number of benzene rings is 6. The van der Waals surface area contributed by atoms with Crippen LogP contribution in [0.5, 0.6) is 0 Å². The molecule has 6 aromatic carbocycles. The molecule has 0 aliphatic heterocycles. The number of halogens is 1. The summed E-state index contributed by atoms with van der Waals surface area (Å²) in [5.74, 6) is 0. The van der Waals surface area contributed by atoms with Gasteiger partial charge < -0.3 is 24.0 Å². The summed E-state index contributed by atoms with van der Waals surface area (Å²) >= 11 is -2.71.